The summed E-state index contributed by atoms with van der Waals surface area (Å²) in [6.45, 7) is 5.06. The SMILES string of the molecule is COc1cccc2c1C(=O)c1c(O)c3c(c(O)c1C2=O)C[C@@](O)(C(C)=O)C[C@@H]3OC1CC(N=[N+]=[N-])C(O)C(C)O1.COc1cccc2c1C(=O)c1c(O)c3c(c(O)c1C2=O)C[C@@](O)(C(C)=O)C[C@@H]3OC1CC(NC(=O)C(F)(F)F)C(O)C(C)O1. The van der Waals surface area contributed by atoms with Crippen LogP contribution in [0.15, 0.2) is 41.5 Å². The number of amides is 1. The van der Waals surface area contributed by atoms with E-state index in [0.29, 0.717) is 0 Å². The number of phenols is 4. The van der Waals surface area contributed by atoms with Crippen molar-refractivity contribution >= 4 is 40.6 Å². The smallest absolute Gasteiger partial charge is 0.471 e. The molecule has 0 radical (unpaired) electrons. The van der Waals surface area contributed by atoms with Gasteiger partial charge in [0.15, 0.2) is 35.7 Å². The number of hydrogen-bond donors (Lipinski definition) is 9. The second-order valence-electron chi connectivity index (χ2n) is 21.3. The van der Waals surface area contributed by atoms with Crippen LogP contribution in [0.3, 0.4) is 0 Å². The van der Waals surface area contributed by atoms with Crippen LogP contribution >= 0.6 is 0 Å². The van der Waals surface area contributed by atoms with Gasteiger partial charge in [0.05, 0.1) is 90.2 Å². The molecule has 12 atom stereocenters. The molecule has 0 bridgehead atoms. The number of methoxy groups -OCH3 is 2. The zero-order chi connectivity index (χ0) is 61.6. The largest absolute Gasteiger partial charge is 0.507 e. The van der Waals surface area contributed by atoms with Gasteiger partial charge in [0.2, 0.25) is 11.6 Å². The van der Waals surface area contributed by atoms with E-state index in [1.807, 2.05) is 0 Å². The number of halogens is 3. The Morgan fingerprint density at radius 2 is 1.06 bits per heavy atom. The Labute approximate surface area is 473 Å². The lowest BCUT2D eigenvalue weighted by Crippen LogP contribution is -2.57. The van der Waals surface area contributed by atoms with Gasteiger partial charge < -0.3 is 74.6 Å². The quantitative estimate of drug-likeness (QED) is 0.0403. The number of Topliss-reactive ketones (excluding diaryl/α,β-unsaturated/α-hetero) is 2. The minimum atomic E-state index is -5.24. The topological polar surface area (TPSA) is 398 Å². The summed E-state index contributed by atoms with van der Waals surface area (Å²) in [6, 6.07) is 6.18. The molecule has 0 aromatic heterocycles. The van der Waals surface area contributed by atoms with Crippen LogP contribution in [-0.4, -0.2) is 162 Å². The van der Waals surface area contributed by atoms with Crippen molar-refractivity contribution in [2.45, 2.75) is 145 Å². The first-order chi connectivity index (χ1) is 39.4. The van der Waals surface area contributed by atoms with Crippen LogP contribution in [-0.2, 0) is 46.2 Å². The summed E-state index contributed by atoms with van der Waals surface area (Å²) >= 11 is 0. The summed E-state index contributed by atoms with van der Waals surface area (Å²) in [6.07, 6.45) is -18.0. The lowest BCUT2D eigenvalue weighted by atomic mass is 9.72. The molecule has 10 rings (SSSR count). The third-order valence-corrected chi connectivity index (χ3v) is 16.3. The van der Waals surface area contributed by atoms with Crippen molar-refractivity contribution in [3.05, 3.63) is 114 Å². The van der Waals surface area contributed by atoms with Gasteiger partial charge in [-0.25, -0.2) is 0 Å². The van der Waals surface area contributed by atoms with Crippen molar-refractivity contribution in [1.29, 1.82) is 0 Å². The van der Waals surface area contributed by atoms with Crippen LogP contribution in [0.2, 0.25) is 0 Å². The van der Waals surface area contributed by atoms with Crippen LogP contribution in [0, 0.1) is 0 Å². The fourth-order valence-electron chi connectivity index (χ4n) is 11.8. The number of azide groups is 1. The summed E-state index contributed by atoms with van der Waals surface area (Å²) in [4.78, 5) is 93.9. The molecule has 2 saturated heterocycles. The molecule has 84 heavy (non-hydrogen) atoms. The Kier molecular flexibility index (Phi) is 16.0. The van der Waals surface area contributed by atoms with E-state index in [1.54, 1.807) is 5.32 Å². The second-order valence-corrected chi connectivity index (χ2v) is 21.3. The van der Waals surface area contributed by atoms with Crippen molar-refractivity contribution < 1.29 is 116 Å². The van der Waals surface area contributed by atoms with Gasteiger partial charge in [-0.2, -0.15) is 13.2 Å². The number of aliphatic hydroxyl groups is 4. The highest BCUT2D eigenvalue weighted by Crippen LogP contribution is 2.55. The molecule has 4 aromatic carbocycles. The first-order valence-corrected chi connectivity index (χ1v) is 26.0. The third kappa shape index (κ3) is 10.1. The lowest BCUT2D eigenvalue weighted by molar-refractivity contribution is -0.250. The summed E-state index contributed by atoms with van der Waals surface area (Å²) < 4.78 is 72.6. The third-order valence-electron chi connectivity index (χ3n) is 16.3. The molecule has 2 fully saturated rings. The van der Waals surface area contributed by atoms with Gasteiger partial charge in [-0.05, 0) is 45.4 Å². The fourth-order valence-corrected chi connectivity index (χ4v) is 11.8. The molecule has 1 amide bonds. The van der Waals surface area contributed by atoms with Crippen LogP contribution < -0.4 is 14.8 Å². The van der Waals surface area contributed by atoms with E-state index in [4.69, 9.17) is 34.0 Å². The molecule has 0 spiro atoms. The van der Waals surface area contributed by atoms with Crippen molar-refractivity contribution in [2.24, 2.45) is 5.11 Å². The normalized spacial score (nSPS) is 28.5. The van der Waals surface area contributed by atoms with Gasteiger partial charge in [-0.3, -0.25) is 33.6 Å². The van der Waals surface area contributed by atoms with Crippen molar-refractivity contribution in [3.63, 3.8) is 0 Å². The summed E-state index contributed by atoms with van der Waals surface area (Å²) in [5.74, 6) is -9.70. The van der Waals surface area contributed by atoms with Gasteiger partial charge in [0, 0.05) is 76.8 Å². The molecule has 446 valence electrons. The number of nitrogens with one attached hydrogen (secondary N) is 1. The molecule has 6 aliphatic rings. The van der Waals surface area contributed by atoms with Crippen molar-refractivity contribution in [2.75, 3.05) is 14.2 Å². The predicted molar refractivity (Wildman–Crippen MR) is 276 cm³/mol. The average molecular weight is 1180 g/mol. The maximum Gasteiger partial charge on any atom is 0.471 e. The lowest BCUT2D eigenvalue weighted by Gasteiger charge is -2.42. The van der Waals surface area contributed by atoms with E-state index in [9.17, 15) is 87.6 Å². The average Bonchev–Trinajstić information content (AvgIpc) is 1.11. The van der Waals surface area contributed by atoms with E-state index in [0.717, 1.165) is 13.8 Å². The Balaban J connectivity index is 0.000000202. The number of benzene rings is 4. The first kappa shape index (κ1) is 60.5. The number of phenolic OH excluding ortho intramolecular Hbond substituents is 4. The Morgan fingerprint density at radius 3 is 1.45 bits per heavy atom. The molecule has 4 aromatic rings. The van der Waals surface area contributed by atoms with Gasteiger partial charge in [0.1, 0.15) is 51.8 Å². The number of carbonyl (C=O) groups is 7. The van der Waals surface area contributed by atoms with Crippen LogP contribution in [0.4, 0.5) is 13.2 Å². The highest BCUT2D eigenvalue weighted by molar-refractivity contribution is 6.32. The van der Waals surface area contributed by atoms with Crippen LogP contribution in [0.1, 0.15) is 152 Å². The number of aromatic hydroxyl groups is 4. The monoisotopic (exact) mass is 1180 g/mol. The van der Waals surface area contributed by atoms with Crippen LogP contribution in [0.25, 0.3) is 10.4 Å². The molecular formula is C56H55F3N4O21. The number of ether oxygens (including phenoxy) is 6. The van der Waals surface area contributed by atoms with E-state index < -0.39 is 190 Å². The highest BCUT2D eigenvalue weighted by Gasteiger charge is 2.53. The molecule has 25 nitrogen and oxygen atoms in total. The van der Waals surface area contributed by atoms with Crippen molar-refractivity contribution in [1.82, 2.24) is 5.32 Å². The van der Waals surface area contributed by atoms with E-state index in [-0.39, 0.29) is 68.8 Å². The standard InChI is InChI=1S/C29H28F3NO11.C27H27N3O10/c1-10-22(35)14(33-27(40)29(30,31)32)7-17(43-10)44-16-9-28(41,11(2)34)8-13-19(16)26(39)21-20(24(13)37)23(36)12-5-4-6-15(42-3)18(12)25(21)38;1-10-22(32)14(29-30-28)7-17(39-10)40-16-9-27(37,11(2)31)8-13-19(16)26(36)21-20(24(13)34)23(33)12-5-4-6-15(38-3)18(12)25(21)35/h4-6,10,14,16-17,22,35,37,39,41H,7-9H2,1-3H3,(H,33,40);4-6,10,14,16-17,22,32,34,36-37H,7-9H2,1-3H3/t10?,14?,16-,17?,22?,28-;10?,14?,16-,17?,22?,27-/m00/s1. The maximum atomic E-state index is 13.7. The molecule has 2 heterocycles. The van der Waals surface area contributed by atoms with E-state index in [2.05, 4.69) is 10.0 Å². The molecule has 2 aliphatic heterocycles. The number of carbonyl (C=O) groups excluding carboxylic acids is 7. The van der Waals surface area contributed by atoms with Gasteiger partial charge in [0.25, 0.3) is 0 Å². The summed E-state index contributed by atoms with van der Waals surface area (Å²) in [5.41, 5.74) is 1.43. The first-order valence-electron chi connectivity index (χ1n) is 26.0. The fraction of sp³-hybridized carbons (Fsp3) is 0.446. The van der Waals surface area contributed by atoms with E-state index in [1.165, 1.54) is 64.5 Å². The Morgan fingerprint density at radius 1 is 0.655 bits per heavy atom. The van der Waals surface area contributed by atoms with Gasteiger partial charge >= 0.3 is 12.1 Å². The van der Waals surface area contributed by atoms with Crippen molar-refractivity contribution in [3.8, 4) is 34.5 Å². The number of ketones is 6. The zero-order valence-corrected chi connectivity index (χ0v) is 45.3. The molecule has 9 N–H and O–H groups in total. The highest BCUT2D eigenvalue weighted by atomic mass is 19.4. The Hall–Kier alpha value is -8.05. The molecule has 28 heteroatoms. The number of rotatable bonds is 10. The molecule has 0 saturated carbocycles. The number of hydrogen-bond acceptors (Lipinski definition) is 22. The Bertz CT molecular complexity index is 3550. The summed E-state index contributed by atoms with van der Waals surface area (Å²) in [5, 5.41) is 94.2. The number of aliphatic hydroxyl groups excluding tert-OH is 2. The molecular weight excluding hydrogens is 1120 g/mol. The number of nitrogens with zero attached hydrogens (tertiary/aromatic N) is 3. The number of alkyl halides is 3. The second kappa shape index (κ2) is 22.2. The molecule has 8 unspecified atom stereocenters. The zero-order valence-electron chi connectivity index (χ0n) is 45.3. The van der Waals surface area contributed by atoms with E-state index >= 15 is 0 Å². The molecule has 4 aliphatic carbocycles. The number of fused-ring (bicyclic) bond motifs is 6. The van der Waals surface area contributed by atoms with Crippen LogP contribution in [0.5, 0.6) is 34.5 Å². The minimum absolute atomic E-state index is 0.0250. The summed E-state index contributed by atoms with van der Waals surface area (Å²) in [7, 11) is 2.59. The van der Waals surface area contributed by atoms with Gasteiger partial charge in [-0.1, -0.05) is 29.4 Å². The predicted octanol–water partition coefficient (Wildman–Crippen LogP) is 4.13. The maximum absolute atomic E-state index is 13.7. The minimum Gasteiger partial charge on any atom is -0.507 e. The van der Waals surface area contributed by atoms with Gasteiger partial charge in [-0.15, -0.1) is 0 Å².